The maximum atomic E-state index is 13.2. The number of Topliss-reactive ketones (excluding diaryl/α,β-unsaturated/α-hetero) is 1. The predicted molar refractivity (Wildman–Crippen MR) is 123 cm³/mol. The highest BCUT2D eigenvalue weighted by molar-refractivity contribution is 7.49. The molecule has 182 valence electrons. The first-order chi connectivity index (χ1) is 15.9. The molecule has 2 aromatic rings. The molecule has 0 radical (unpaired) electrons. The number of carbonyl (C=O) groups is 1. The molecule has 0 aliphatic carbocycles. The molecule has 2 aliphatic rings. The van der Waals surface area contributed by atoms with Crippen molar-refractivity contribution in [2.75, 3.05) is 6.61 Å². The van der Waals surface area contributed by atoms with Gasteiger partial charge in [0.15, 0.2) is 12.0 Å². The number of nitrogens with zero attached hydrogens (tertiary/aromatic N) is 1. The van der Waals surface area contributed by atoms with Crippen LogP contribution in [-0.2, 0) is 30.4 Å². The predicted octanol–water partition coefficient (Wildman–Crippen LogP) is 3.53. The van der Waals surface area contributed by atoms with Crippen LogP contribution in [0.25, 0.3) is 0 Å². The van der Waals surface area contributed by atoms with Crippen LogP contribution < -0.4 is 15.8 Å². The van der Waals surface area contributed by atoms with Crippen molar-refractivity contribution >= 4 is 13.6 Å². The third-order valence-electron chi connectivity index (χ3n) is 5.58. The first-order valence-electron chi connectivity index (χ1n) is 10.8. The Morgan fingerprint density at radius 2 is 2.00 bits per heavy atom. The van der Waals surface area contributed by atoms with Crippen molar-refractivity contribution in [3.8, 4) is 5.75 Å². The summed E-state index contributed by atoms with van der Waals surface area (Å²) in [6.45, 7) is 8.79. The van der Waals surface area contributed by atoms with Crippen molar-refractivity contribution in [3.63, 3.8) is 0 Å². The van der Waals surface area contributed by atoms with Gasteiger partial charge in [-0.25, -0.2) is 9.36 Å². The van der Waals surface area contributed by atoms with Crippen molar-refractivity contribution in [3.05, 3.63) is 73.6 Å². The van der Waals surface area contributed by atoms with Crippen LogP contribution in [0.3, 0.4) is 0 Å². The van der Waals surface area contributed by atoms with Crippen LogP contribution in [-0.4, -0.2) is 28.0 Å². The lowest BCUT2D eigenvalue weighted by Crippen LogP contribution is -2.33. The smallest absolute Gasteiger partial charge is 0.403 e. The highest BCUT2D eigenvalue weighted by Gasteiger charge is 2.39. The van der Waals surface area contributed by atoms with E-state index in [1.807, 2.05) is 20.8 Å². The molecule has 1 aromatic carbocycles. The van der Waals surface area contributed by atoms with E-state index in [-0.39, 0.29) is 24.4 Å². The lowest BCUT2D eigenvalue weighted by molar-refractivity contribution is -0.0131. The normalized spacial score (nSPS) is 24.0. The first-order valence-corrected chi connectivity index (χ1v) is 12.3. The van der Waals surface area contributed by atoms with Crippen molar-refractivity contribution in [2.45, 2.75) is 59.0 Å². The number of aromatic amines is 1. The molecule has 0 saturated heterocycles. The molecule has 10 nitrogen and oxygen atoms in total. The van der Waals surface area contributed by atoms with E-state index in [0.717, 1.165) is 5.56 Å². The summed E-state index contributed by atoms with van der Waals surface area (Å²) in [6, 6.07) is 3.42. The molecule has 34 heavy (non-hydrogen) atoms. The van der Waals surface area contributed by atoms with Gasteiger partial charge in [-0.3, -0.25) is 28.2 Å². The lowest BCUT2D eigenvalue weighted by atomic mass is 9.83. The largest absolute Gasteiger partial charge is 0.530 e. The van der Waals surface area contributed by atoms with Crippen LogP contribution in [0, 0.1) is 6.92 Å². The van der Waals surface area contributed by atoms with Crippen LogP contribution in [0.2, 0.25) is 0 Å². The number of ketones is 1. The fraction of sp³-hybridized carbons (Fsp3) is 0.435. The summed E-state index contributed by atoms with van der Waals surface area (Å²) in [6.07, 6.45) is 3.35. The fourth-order valence-electron chi connectivity index (χ4n) is 3.70. The highest BCUT2D eigenvalue weighted by atomic mass is 31.2. The zero-order valence-electron chi connectivity index (χ0n) is 19.6. The van der Waals surface area contributed by atoms with Gasteiger partial charge in [-0.15, -0.1) is 0 Å². The maximum absolute atomic E-state index is 13.2. The molecular formula is C23H27N2O8P. The molecule has 4 rings (SSSR count). The average molecular weight is 490 g/mol. The highest BCUT2D eigenvalue weighted by Crippen LogP contribution is 2.57. The van der Waals surface area contributed by atoms with E-state index in [4.69, 9.17) is 18.3 Å². The van der Waals surface area contributed by atoms with Crippen molar-refractivity contribution in [1.82, 2.24) is 9.55 Å². The molecule has 11 heteroatoms. The van der Waals surface area contributed by atoms with Crippen molar-refractivity contribution in [1.29, 1.82) is 0 Å². The van der Waals surface area contributed by atoms with E-state index >= 15 is 0 Å². The van der Waals surface area contributed by atoms with Gasteiger partial charge in [-0.2, -0.15) is 0 Å². The van der Waals surface area contributed by atoms with Crippen LogP contribution in [0.5, 0.6) is 5.75 Å². The summed E-state index contributed by atoms with van der Waals surface area (Å²) in [5.74, 6) is 0.304. The minimum atomic E-state index is -3.96. The van der Waals surface area contributed by atoms with E-state index in [0.29, 0.717) is 22.4 Å². The summed E-state index contributed by atoms with van der Waals surface area (Å²) in [5.41, 5.74) is 0.796. The second kappa shape index (κ2) is 8.78. The molecule has 1 N–H and O–H groups in total. The van der Waals surface area contributed by atoms with Crippen LogP contribution >= 0.6 is 7.82 Å². The Morgan fingerprint density at radius 3 is 2.68 bits per heavy atom. The molecule has 1 unspecified atom stereocenters. The summed E-state index contributed by atoms with van der Waals surface area (Å²) in [4.78, 5) is 37.9. The van der Waals surface area contributed by atoms with Gasteiger partial charge in [0.1, 0.15) is 11.9 Å². The third kappa shape index (κ3) is 4.86. The Kier molecular flexibility index (Phi) is 6.29. The number of fused-ring (bicyclic) bond motifs is 1. The number of hydrogen-bond donors (Lipinski definition) is 1. The molecule has 0 spiro atoms. The number of ether oxygens (including phenoxy) is 1. The Morgan fingerprint density at radius 1 is 1.26 bits per heavy atom. The fourth-order valence-corrected chi connectivity index (χ4v) is 4.94. The zero-order valence-corrected chi connectivity index (χ0v) is 20.5. The van der Waals surface area contributed by atoms with Gasteiger partial charge in [-0.1, -0.05) is 26.8 Å². The topological polar surface area (TPSA) is 126 Å². The van der Waals surface area contributed by atoms with Gasteiger partial charge in [0, 0.05) is 28.5 Å². The number of hydrogen-bond acceptors (Lipinski definition) is 8. The summed E-state index contributed by atoms with van der Waals surface area (Å²) >= 11 is 0. The number of nitrogens with one attached hydrogen (secondary N) is 1. The van der Waals surface area contributed by atoms with Crippen LogP contribution in [0.15, 0.2) is 40.1 Å². The molecule has 1 aromatic heterocycles. The standard InChI is InChI=1S/C23H27N2O8P/c1-13-10-25(22(28)24-21(13)27)19-7-6-17(32-19)12-31-34(29)30-11-16-8-15(14(2)26)9-18(20(16)33-34)23(3,4)5/h6-10,17,19H,11-12H2,1-5H3,(H,24,27,28)/t17-,19+,34?/m0/s1. The minimum Gasteiger partial charge on any atom is -0.403 e. The van der Waals surface area contributed by atoms with Gasteiger partial charge in [0.25, 0.3) is 5.56 Å². The first kappa shape index (κ1) is 24.3. The van der Waals surface area contributed by atoms with Gasteiger partial charge < -0.3 is 9.26 Å². The molecular weight excluding hydrogens is 463 g/mol. The molecule has 3 heterocycles. The van der Waals surface area contributed by atoms with E-state index in [1.54, 1.807) is 31.2 Å². The molecule has 2 aliphatic heterocycles. The van der Waals surface area contributed by atoms with Gasteiger partial charge >= 0.3 is 13.5 Å². The Labute approximate surface area is 196 Å². The monoisotopic (exact) mass is 490 g/mol. The average Bonchev–Trinajstić information content (AvgIpc) is 3.22. The van der Waals surface area contributed by atoms with Crippen molar-refractivity contribution in [2.24, 2.45) is 0 Å². The molecule has 0 saturated carbocycles. The number of aryl methyl sites for hydroxylation is 1. The Hall–Kier alpha value is -2.78. The number of rotatable bonds is 5. The molecule has 0 amide bonds. The minimum absolute atomic E-state index is 0.0349. The number of phosphoric ester groups is 1. The quantitative estimate of drug-likeness (QED) is 0.383. The lowest BCUT2D eigenvalue weighted by Gasteiger charge is -2.31. The SMILES string of the molecule is CC(=O)c1cc2c(c(C(C)(C)C)c1)OP(=O)(OC[C@@H]1C=C[C@H](n3cc(C)c(=O)[nH]c3=O)O1)OC2. The molecule has 3 atom stereocenters. The summed E-state index contributed by atoms with van der Waals surface area (Å²) < 4.78 is 37.0. The third-order valence-corrected chi connectivity index (χ3v) is 6.90. The van der Waals surface area contributed by atoms with E-state index in [2.05, 4.69) is 4.98 Å². The van der Waals surface area contributed by atoms with Gasteiger partial charge in [0.05, 0.1) is 13.2 Å². The zero-order chi connectivity index (χ0) is 24.8. The summed E-state index contributed by atoms with van der Waals surface area (Å²) in [5, 5.41) is 0. The number of aromatic nitrogens is 2. The second-order valence-electron chi connectivity index (χ2n) is 9.35. The number of H-pyrrole nitrogens is 1. The Balaban J connectivity index is 1.48. The number of phosphoric acid groups is 1. The van der Waals surface area contributed by atoms with E-state index < -0.39 is 31.4 Å². The molecule has 0 bridgehead atoms. The van der Waals surface area contributed by atoms with Crippen LogP contribution in [0.4, 0.5) is 0 Å². The number of carbonyl (C=O) groups excluding carboxylic acids is 1. The van der Waals surface area contributed by atoms with Gasteiger partial charge in [-0.05, 0) is 37.5 Å². The van der Waals surface area contributed by atoms with E-state index in [1.165, 1.54) is 17.7 Å². The van der Waals surface area contributed by atoms with E-state index in [9.17, 15) is 18.9 Å². The Bertz CT molecular complexity index is 1330. The number of benzene rings is 1. The van der Waals surface area contributed by atoms with Crippen LogP contribution in [0.1, 0.15) is 61.0 Å². The van der Waals surface area contributed by atoms with Crippen molar-refractivity contribution < 1.29 is 27.7 Å². The van der Waals surface area contributed by atoms with Gasteiger partial charge in [0.2, 0.25) is 0 Å². The molecule has 0 fully saturated rings. The maximum Gasteiger partial charge on any atom is 0.530 e. The summed E-state index contributed by atoms with van der Waals surface area (Å²) in [7, 11) is -3.96. The second-order valence-corrected chi connectivity index (χ2v) is 10.9.